The molecule has 2 aromatic carbocycles. The number of carbonyl (C=O) groups excluding carboxylic acids is 1. The molecule has 1 aliphatic heterocycles. The van der Waals surface area contributed by atoms with Gasteiger partial charge in [0.05, 0.1) is 25.2 Å². The summed E-state index contributed by atoms with van der Waals surface area (Å²) in [7, 11) is -3.56. The summed E-state index contributed by atoms with van der Waals surface area (Å²) in [5.74, 6) is -0.349. The maximum atomic E-state index is 12.4. The smallest absolute Gasteiger partial charge is 0.241 e. The molecule has 156 valence electrons. The lowest BCUT2D eigenvalue weighted by Crippen LogP contribution is -2.40. The fourth-order valence-electron chi connectivity index (χ4n) is 3.24. The number of benzene rings is 2. The van der Waals surface area contributed by atoms with Crippen LogP contribution in [0.3, 0.4) is 0 Å². The van der Waals surface area contributed by atoms with Gasteiger partial charge in [-0.15, -0.1) is 0 Å². The van der Waals surface area contributed by atoms with Crippen LogP contribution in [0.4, 0.5) is 5.69 Å². The van der Waals surface area contributed by atoms with Gasteiger partial charge in [-0.25, -0.2) is 8.42 Å². The maximum Gasteiger partial charge on any atom is 0.241 e. The number of hydrogen-bond donors (Lipinski definition) is 1. The number of morpholine rings is 1. The summed E-state index contributed by atoms with van der Waals surface area (Å²) in [6.07, 6.45) is 1.10. The van der Waals surface area contributed by atoms with Crippen LogP contribution in [0.25, 0.3) is 0 Å². The number of carbonyl (C=O) groups is 1. The van der Waals surface area contributed by atoms with E-state index in [0.29, 0.717) is 12.2 Å². The number of amides is 1. The standard InChI is InChI=1S/C21H27N3O4S/c1-29(26,27)24(20-8-3-2-4-9-20)17-21(25)22-15-18-6-5-7-19(14-18)16-23-10-12-28-13-11-23/h2-9,14H,10-13,15-17H2,1H3,(H,22,25). The number of sulfonamides is 1. The molecule has 1 aliphatic rings. The average Bonchev–Trinajstić information content (AvgIpc) is 2.71. The number of rotatable bonds is 8. The van der Waals surface area contributed by atoms with Crippen molar-refractivity contribution in [1.82, 2.24) is 10.2 Å². The van der Waals surface area contributed by atoms with Gasteiger partial charge in [-0.2, -0.15) is 0 Å². The van der Waals surface area contributed by atoms with Crippen molar-refractivity contribution < 1.29 is 17.9 Å². The third-order valence-electron chi connectivity index (χ3n) is 4.72. The van der Waals surface area contributed by atoms with Crippen molar-refractivity contribution in [2.45, 2.75) is 13.1 Å². The molecule has 0 radical (unpaired) electrons. The summed E-state index contributed by atoms with van der Waals surface area (Å²) in [6, 6.07) is 16.7. The maximum absolute atomic E-state index is 12.4. The summed E-state index contributed by atoms with van der Waals surface area (Å²) in [6.45, 7) is 4.30. The van der Waals surface area contributed by atoms with Gasteiger partial charge in [-0.05, 0) is 23.3 Å². The molecular weight excluding hydrogens is 390 g/mol. The van der Waals surface area contributed by atoms with E-state index in [1.165, 1.54) is 5.56 Å². The van der Waals surface area contributed by atoms with Crippen LogP contribution in [0.1, 0.15) is 11.1 Å². The molecule has 0 atom stereocenters. The van der Waals surface area contributed by atoms with Crippen molar-refractivity contribution in [2.24, 2.45) is 0 Å². The van der Waals surface area contributed by atoms with E-state index in [1.807, 2.05) is 12.1 Å². The molecule has 3 rings (SSSR count). The zero-order valence-corrected chi connectivity index (χ0v) is 17.4. The van der Waals surface area contributed by atoms with Crippen LogP contribution in [0.5, 0.6) is 0 Å². The molecule has 29 heavy (non-hydrogen) atoms. The Kier molecular flexibility index (Phi) is 7.24. The Morgan fingerprint density at radius 1 is 1.07 bits per heavy atom. The summed E-state index contributed by atoms with van der Waals surface area (Å²) in [5.41, 5.74) is 2.63. The summed E-state index contributed by atoms with van der Waals surface area (Å²) < 4.78 is 30.7. The van der Waals surface area contributed by atoms with Gasteiger partial charge in [-0.1, -0.05) is 42.5 Å². The van der Waals surface area contributed by atoms with Crippen molar-refractivity contribution in [3.8, 4) is 0 Å². The van der Waals surface area contributed by atoms with Crippen LogP contribution in [0.2, 0.25) is 0 Å². The van der Waals surface area contributed by atoms with Crippen molar-refractivity contribution in [3.63, 3.8) is 0 Å². The number of ether oxygens (including phenoxy) is 1. The molecule has 1 fully saturated rings. The van der Waals surface area contributed by atoms with E-state index in [0.717, 1.165) is 49.0 Å². The van der Waals surface area contributed by atoms with Crippen molar-refractivity contribution in [1.29, 1.82) is 0 Å². The molecule has 0 aliphatic carbocycles. The Labute approximate surface area is 172 Å². The second-order valence-corrected chi connectivity index (χ2v) is 9.00. The Bertz CT molecular complexity index is 913. The quantitative estimate of drug-likeness (QED) is 0.706. The number of nitrogens with one attached hydrogen (secondary N) is 1. The molecule has 0 saturated carbocycles. The van der Waals surface area contributed by atoms with Crippen LogP contribution in [-0.4, -0.2) is 58.3 Å². The zero-order valence-electron chi connectivity index (χ0n) is 16.6. The largest absolute Gasteiger partial charge is 0.379 e. The van der Waals surface area contributed by atoms with Gasteiger partial charge in [-0.3, -0.25) is 14.0 Å². The van der Waals surface area contributed by atoms with Gasteiger partial charge < -0.3 is 10.1 Å². The number of hydrogen-bond acceptors (Lipinski definition) is 5. The third-order valence-corrected chi connectivity index (χ3v) is 5.86. The monoisotopic (exact) mass is 417 g/mol. The van der Waals surface area contributed by atoms with E-state index in [2.05, 4.69) is 22.3 Å². The van der Waals surface area contributed by atoms with Crippen molar-refractivity contribution in [3.05, 3.63) is 65.7 Å². The highest BCUT2D eigenvalue weighted by atomic mass is 32.2. The van der Waals surface area contributed by atoms with E-state index in [4.69, 9.17) is 4.74 Å². The Morgan fingerprint density at radius 3 is 2.45 bits per heavy atom. The van der Waals surface area contributed by atoms with Crippen LogP contribution in [0.15, 0.2) is 54.6 Å². The first-order chi connectivity index (χ1) is 13.9. The second-order valence-electron chi connectivity index (χ2n) is 7.09. The van der Waals surface area contributed by atoms with Crippen LogP contribution in [-0.2, 0) is 32.6 Å². The third kappa shape index (κ3) is 6.56. The molecule has 0 aromatic heterocycles. The fraction of sp³-hybridized carbons (Fsp3) is 0.381. The number of anilines is 1. The molecule has 8 heteroatoms. The lowest BCUT2D eigenvalue weighted by Gasteiger charge is -2.26. The Morgan fingerprint density at radius 2 is 1.76 bits per heavy atom. The minimum absolute atomic E-state index is 0.254. The topological polar surface area (TPSA) is 79.0 Å². The van der Waals surface area contributed by atoms with Gasteiger partial charge in [0.2, 0.25) is 15.9 Å². The van der Waals surface area contributed by atoms with E-state index < -0.39 is 10.0 Å². The van der Waals surface area contributed by atoms with E-state index in [9.17, 15) is 13.2 Å². The SMILES string of the molecule is CS(=O)(=O)N(CC(=O)NCc1cccc(CN2CCOCC2)c1)c1ccccc1. The molecule has 0 bridgehead atoms. The van der Waals surface area contributed by atoms with Gasteiger partial charge in [0.1, 0.15) is 6.54 Å². The number of para-hydroxylation sites is 1. The highest BCUT2D eigenvalue weighted by Crippen LogP contribution is 2.16. The molecule has 7 nitrogen and oxygen atoms in total. The van der Waals surface area contributed by atoms with Gasteiger partial charge >= 0.3 is 0 Å². The first-order valence-electron chi connectivity index (χ1n) is 9.59. The first kappa shape index (κ1) is 21.3. The lowest BCUT2D eigenvalue weighted by atomic mass is 10.1. The second kappa shape index (κ2) is 9.87. The summed E-state index contributed by atoms with van der Waals surface area (Å²) in [4.78, 5) is 14.7. The molecule has 0 unspecified atom stereocenters. The van der Waals surface area contributed by atoms with Crippen LogP contribution < -0.4 is 9.62 Å². The first-order valence-corrected chi connectivity index (χ1v) is 11.4. The minimum Gasteiger partial charge on any atom is -0.379 e. The predicted octanol–water partition coefficient (Wildman–Crippen LogP) is 1.60. The van der Waals surface area contributed by atoms with E-state index in [-0.39, 0.29) is 12.5 Å². The van der Waals surface area contributed by atoms with Gasteiger partial charge in [0.25, 0.3) is 0 Å². The minimum atomic E-state index is -3.56. The van der Waals surface area contributed by atoms with Gasteiger partial charge in [0.15, 0.2) is 0 Å². The Hall–Kier alpha value is -2.42. The number of nitrogens with zero attached hydrogens (tertiary/aromatic N) is 2. The average molecular weight is 418 g/mol. The van der Waals surface area contributed by atoms with Crippen molar-refractivity contribution in [2.75, 3.05) is 43.4 Å². The molecule has 0 spiro atoms. The van der Waals surface area contributed by atoms with Gasteiger partial charge in [0, 0.05) is 26.2 Å². The molecule has 1 heterocycles. The normalized spacial score (nSPS) is 15.1. The lowest BCUT2D eigenvalue weighted by molar-refractivity contribution is -0.119. The molecule has 1 amide bonds. The highest BCUT2D eigenvalue weighted by Gasteiger charge is 2.20. The molecule has 1 N–H and O–H groups in total. The van der Waals surface area contributed by atoms with Crippen LogP contribution in [0, 0.1) is 0 Å². The van der Waals surface area contributed by atoms with E-state index in [1.54, 1.807) is 30.3 Å². The summed E-state index contributed by atoms with van der Waals surface area (Å²) >= 11 is 0. The van der Waals surface area contributed by atoms with E-state index >= 15 is 0 Å². The zero-order chi connectivity index (χ0) is 20.7. The predicted molar refractivity (Wildman–Crippen MR) is 113 cm³/mol. The fourth-order valence-corrected chi connectivity index (χ4v) is 4.09. The summed E-state index contributed by atoms with van der Waals surface area (Å²) in [5, 5.41) is 2.82. The molecule has 2 aromatic rings. The molecule has 1 saturated heterocycles. The molecular formula is C21H27N3O4S. The highest BCUT2D eigenvalue weighted by molar-refractivity contribution is 7.92. The van der Waals surface area contributed by atoms with Crippen LogP contribution >= 0.6 is 0 Å². The van der Waals surface area contributed by atoms with Crippen molar-refractivity contribution >= 4 is 21.6 Å². The Balaban J connectivity index is 1.57.